The first-order valence-corrected chi connectivity index (χ1v) is 14.8. The number of piperazine rings is 1. The first kappa shape index (κ1) is 27.4. The van der Waals surface area contributed by atoms with Crippen molar-refractivity contribution in [3.8, 4) is 5.75 Å². The van der Waals surface area contributed by atoms with Crippen LogP contribution in [0.3, 0.4) is 0 Å². The SMILES string of the molecule is O=C1CC[C@H](N2Cc3cc4c(cc3C2=O)OC[C@@H]2CN(Cc3cccc(NC(=O)c5ccc(Cl)cc5)c3)CCN42)C(=O)N1. The fourth-order valence-electron chi connectivity index (χ4n) is 6.44. The van der Waals surface area contributed by atoms with E-state index in [2.05, 4.69) is 26.5 Å². The number of carbonyl (C=O) groups is 4. The standard InChI is InChI=1S/C32H30ClN5O5/c33-22-6-4-20(5-7-22)30(40)34-23-3-1-2-19(12-23)15-36-10-11-37-24(17-36)18-43-28-14-25-21(13-27(28)37)16-38(32(25)42)26-8-9-29(39)35-31(26)41/h1-7,12-14,24,26H,8-11,15-18H2,(H,34,40)(H,35,39,41)/t24-,26-/m0/s1. The molecule has 2 N–H and O–H groups in total. The van der Waals surface area contributed by atoms with E-state index in [0.29, 0.717) is 41.5 Å². The molecule has 0 saturated carbocycles. The van der Waals surface area contributed by atoms with Crippen molar-refractivity contribution >= 4 is 46.6 Å². The molecule has 2 atom stereocenters. The van der Waals surface area contributed by atoms with Gasteiger partial charge in [-0.1, -0.05) is 23.7 Å². The predicted octanol–water partition coefficient (Wildman–Crippen LogP) is 3.44. The Morgan fingerprint density at radius 2 is 1.86 bits per heavy atom. The summed E-state index contributed by atoms with van der Waals surface area (Å²) in [5.41, 5.74) is 4.79. The summed E-state index contributed by atoms with van der Waals surface area (Å²) in [6, 6.07) is 18.0. The number of nitrogens with zero attached hydrogens (tertiary/aromatic N) is 3. The van der Waals surface area contributed by atoms with Crippen LogP contribution < -0.4 is 20.3 Å². The number of nitrogens with one attached hydrogen (secondary N) is 2. The van der Waals surface area contributed by atoms with Crippen molar-refractivity contribution in [2.45, 2.75) is 38.0 Å². The third-order valence-electron chi connectivity index (χ3n) is 8.61. The van der Waals surface area contributed by atoms with Crippen LogP contribution in [-0.2, 0) is 22.7 Å². The van der Waals surface area contributed by atoms with Crippen LogP contribution in [0.4, 0.5) is 11.4 Å². The van der Waals surface area contributed by atoms with Crippen molar-refractivity contribution in [3.05, 3.63) is 87.9 Å². The van der Waals surface area contributed by atoms with Crippen molar-refractivity contribution < 1.29 is 23.9 Å². The number of hydrogen-bond donors (Lipinski definition) is 2. The topological polar surface area (TPSA) is 111 Å². The summed E-state index contributed by atoms with van der Waals surface area (Å²) in [6.45, 7) is 4.03. The van der Waals surface area contributed by atoms with Gasteiger partial charge in [-0.15, -0.1) is 0 Å². The van der Waals surface area contributed by atoms with Crippen molar-refractivity contribution in [1.82, 2.24) is 15.1 Å². The Kier molecular flexibility index (Phi) is 7.03. The number of benzene rings is 3. The van der Waals surface area contributed by atoms with E-state index >= 15 is 0 Å². The quantitative estimate of drug-likeness (QED) is 0.432. The molecule has 10 nitrogen and oxygen atoms in total. The fraction of sp³-hybridized carbons (Fsp3) is 0.312. The lowest BCUT2D eigenvalue weighted by Gasteiger charge is -2.45. The summed E-state index contributed by atoms with van der Waals surface area (Å²) in [7, 11) is 0. The molecule has 11 heteroatoms. The second kappa shape index (κ2) is 11.0. The molecule has 0 spiro atoms. The Bertz CT molecular complexity index is 1640. The van der Waals surface area contributed by atoms with Crippen LogP contribution in [-0.4, -0.2) is 71.8 Å². The smallest absolute Gasteiger partial charge is 0.255 e. The van der Waals surface area contributed by atoms with E-state index < -0.39 is 11.9 Å². The van der Waals surface area contributed by atoms with Crippen LogP contribution in [0.15, 0.2) is 60.7 Å². The third kappa shape index (κ3) is 5.32. The zero-order chi connectivity index (χ0) is 29.7. The normalized spacial score (nSPS) is 21.5. The molecule has 43 heavy (non-hydrogen) atoms. The van der Waals surface area contributed by atoms with E-state index in [9.17, 15) is 19.2 Å². The Morgan fingerprint density at radius 1 is 1.02 bits per heavy atom. The van der Waals surface area contributed by atoms with Crippen molar-refractivity contribution in [1.29, 1.82) is 0 Å². The molecule has 3 aromatic carbocycles. The van der Waals surface area contributed by atoms with Gasteiger partial charge in [0, 0.05) is 61.0 Å². The van der Waals surface area contributed by atoms with Gasteiger partial charge in [0.25, 0.3) is 11.8 Å². The summed E-state index contributed by atoms with van der Waals surface area (Å²) >= 11 is 5.94. The Morgan fingerprint density at radius 3 is 2.67 bits per heavy atom. The van der Waals surface area contributed by atoms with E-state index in [1.807, 2.05) is 30.3 Å². The predicted molar refractivity (Wildman–Crippen MR) is 160 cm³/mol. The lowest BCUT2D eigenvalue weighted by Crippen LogP contribution is -2.56. The zero-order valence-electron chi connectivity index (χ0n) is 23.3. The molecule has 0 aromatic heterocycles. The summed E-state index contributed by atoms with van der Waals surface area (Å²) in [4.78, 5) is 56.3. The molecular weight excluding hydrogens is 570 g/mol. The number of rotatable bonds is 5. The number of fused-ring (bicyclic) bond motifs is 4. The number of piperidine rings is 1. The maximum atomic E-state index is 13.2. The van der Waals surface area contributed by atoms with E-state index in [4.69, 9.17) is 16.3 Å². The van der Waals surface area contributed by atoms with E-state index in [0.717, 1.165) is 48.7 Å². The number of ether oxygens (including phenoxy) is 1. The average Bonchev–Trinajstić information content (AvgIpc) is 3.31. The molecule has 220 valence electrons. The molecule has 0 radical (unpaired) electrons. The summed E-state index contributed by atoms with van der Waals surface area (Å²) in [5.74, 6) is -0.411. The third-order valence-corrected chi connectivity index (χ3v) is 8.86. The van der Waals surface area contributed by atoms with Crippen LogP contribution in [0.1, 0.15) is 44.7 Å². The highest BCUT2D eigenvalue weighted by Crippen LogP contribution is 2.41. The highest BCUT2D eigenvalue weighted by atomic mass is 35.5. The number of hydrogen-bond acceptors (Lipinski definition) is 7. The maximum Gasteiger partial charge on any atom is 0.255 e. The largest absolute Gasteiger partial charge is 0.489 e. The molecule has 2 fully saturated rings. The lowest BCUT2D eigenvalue weighted by atomic mass is 10.0. The van der Waals surface area contributed by atoms with Crippen molar-refractivity contribution in [2.24, 2.45) is 0 Å². The minimum absolute atomic E-state index is 0.149. The minimum atomic E-state index is -0.643. The molecule has 3 aromatic rings. The van der Waals surface area contributed by atoms with Gasteiger partial charge in [-0.3, -0.25) is 29.4 Å². The van der Waals surface area contributed by atoms with Crippen LogP contribution in [0, 0.1) is 0 Å². The van der Waals surface area contributed by atoms with Gasteiger partial charge < -0.3 is 19.9 Å². The van der Waals surface area contributed by atoms with Gasteiger partial charge in [-0.05, 0) is 66.1 Å². The van der Waals surface area contributed by atoms with Gasteiger partial charge in [-0.25, -0.2) is 0 Å². The molecule has 0 bridgehead atoms. The summed E-state index contributed by atoms with van der Waals surface area (Å²) < 4.78 is 6.17. The summed E-state index contributed by atoms with van der Waals surface area (Å²) in [5, 5.41) is 5.91. The minimum Gasteiger partial charge on any atom is -0.489 e. The average molecular weight is 600 g/mol. The molecule has 2 saturated heterocycles. The first-order chi connectivity index (χ1) is 20.8. The van der Waals surface area contributed by atoms with E-state index in [1.165, 1.54) is 0 Å². The summed E-state index contributed by atoms with van der Waals surface area (Å²) in [6.07, 6.45) is 0.562. The number of amides is 4. The molecule has 4 amide bonds. The van der Waals surface area contributed by atoms with Crippen molar-refractivity contribution in [2.75, 3.05) is 36.5 Å². The zero-order valence-corrected chi connectivity index (χ0v) is 24.1. The van der Waals surface area contributed by atoms with Gasteiger partial charge in [0.15, 0.2) is 0 Å². The highest BCUT2D eigenvalue weighted by molar-refractivity contribution is 6.30. The van der Waals surface area contributed by atoms with Crippen LogP contribution in [0.2, 0.25) is 5.02 Å². The molecule has 0 unspecified atom stereocenters. The molecule has 4 aliphatic rings. The van der Waals surface area contributed by atoms with E-state index in [-0.39, 0.29) is 30.2 Å². The molecule has 4 heterocycles. The van der Waals surface area contributed by atoms with Gasteiger partial charge in [0.05, 0.1) is 11.7 Å². The maximum absolute atomic E-state index is 13.2. The van der Waals surface area contributed by atoms with Crippen molar-refractivity contribution in [3.63, 3.8) is 0 Å². The Labute approximate surface area is 253 Å². The second-order valence-corrected chi connectivity index (χ2v) is 11.9. The van der Waals surface area contributed by atoms with Gasteiger partial charge in [0.2, 0.25) is 11.8 Å². The highest BCUT2D eigenvalue weighted by Gasteiger charge is 2.41. The van der Waals surface area contributed by atoms with Crippen LogP contribution in [0.25, 0.3) is 0 Å². The number of halogens is 1. The fourth-order valence-corrected chi connectivity index (χ4v) is 6.57. The Balaban J connectivity index is 1.01. The lowest BCUT2D eigenvalue weighted by molar-refractivity contribution is -0.136. The Hall–Kier alpha value is -4.41. The number of carbonyl (C=O) groups excluding carboxylic acids is 4. The number of anilines is 2. The molecule has 4 aliphatic heterocycles. The van der Waals surface area contributed by atoms with Gasteiger partial charge >= 0.3 is 0 Å². The second-order valence-electron chi connectivity index (χ2n) is 11.4. The molecular formula is C32H30ClN5O5. The van der Waals surface area contributed by atoms with E-state index in [1.54, 1.807) is 29.2 Å². The van der Waals surface area contributed by atoms with Gasteiger partial charge in [-0.2, -0.15) is 0 Å². The van der Waals surface area contributed by atoms with Crippen LogP contribution in [0.5, 0.6) is 5.75 Å². The first-order valence-electron chi connectivity index (χ1n) is 14.4. The molecule has 0 aliphatic carbocycles. The van der Waals surface area contributed by atoms with Gasteiger partial charge in [0.1, 0.15) is 18.4 Å². The number of imide groups is 1. The molecule has 7 rings (SSSR count). The monoisotopic (exact) mass is 599 g/mol. The van der Waals surface area contributed by atoms with Crippen LogP contribution >= 0.6 is 11.6 Å².